The van der Waals surface area contributed by atoms with E-state index in [-0.39, 0.29) is 42.6 Å². The molecule has 2 N–H and O–H groups in total. The van der Waals surface area contributed by atoms with Gasteiger partial charge >= 0.3 is 0 Å². The number of carbonyl (C=O) groups is 4. The van der Waals surface area contributed by atoms with Crippen LogP contribution in [0.2, 0.25) is 0 Å². The van der Waals surface area contributed by atoms with Crippen molar-refractivity contribution in [2.45, 2.75) is 32.0 Å². The van der Waals surface area contributed by atoms with Crippen LogP contribution in [0.4, 0.5) is 4.39 Å². The van der Waals surface area contributed by atoms with Crippen molar-refractivity contribution in [1.29, 1.82) is 0 Å². The summed E-state index contributed by atoms with van der Waals surface area (Å²) in [7, 11) is 1.44. The number of hydrogen-bond acceptors (Lipinski definition) is 4. The Labute approximate surface area is 138 Å². The molecule has 128 valence electrons. The molecule has 0 aliphatic carbocycles. The number of fused-ring (bicyclic) bond motifs is 1. The monoisotopic (exact) mass is 335 g/mol. The maximum Gasteiger partial charge on any atom is 0.255 e. The Hall–Kier alpha value is -2.77. The molecule has 2 rings (SSSR count). The van der Waals surface area contributed by atoms with Crippen molar-refractivity contribution in [2.24, 2.45) is 0 Å². The van der Waals surface area contributed by atoms with Crippen molar-refractivity contribution in [3.63, 3.8) is 0 Å². The van der Waals surface area contributed by atoms with E-state index in [1.807, 2.05) is 0 Å². The van der Waals surface area contributed by atoms with Crippen molar-refractivity contribution >= 4 is 24.5 Å². The van der Waals surface area contributed by atoms with E-state index in [2.05, 4.69) is 10.6 Å². The SMILES string of the molecule is CNC(=O)C(CCC=O)N1Cc2c(ccc(CNC=O)c2F)C1=O. The highest BCUT2D eigenvalue weighted by Gasteiger charge is 2.37. The molecule has 24 heavy (non-hydrogen) atoms. The van der Waals surface area contributed by atoms with Crippen LogP contribution in [0.25, 0.3) is 0 Å². The van der Waals surface area contributed by atoms with E-state index < -0.39 is 23.7 Å². The predicted molar refractivity (Wildman–Crippen MR) is 82.3 cm³/mol. The molecule has 0 aromatic heterocycles. The van der Waals surface area contributed by atoms with Gasteiger partial charge < -0.3 is 20.3 Å². The Morgan fingerprint density at radius 2 is 2.17 bits per heavy atom. The van der Waals surface area contributed by atoms with Gasteiger partial charge in [0, 0.05) is 36.7 Å². The highest BCUT2D eigenvalue weighted by Crippen LogP contribution is 2.29. The molecular formula is C16H18FN3O4. The largest absolute Gasteiger partial charge is 0.357 e. The number of nitrogens with zero attached hydrogens (tertiary/aromatic N) is 1. The maximum absolute atomic E-state index is 14.6. The van der Waals surface area contributed by atoms with Crippen LogP contribution in [-0.4, -0.2) is 42.5 Å². The zero-order valence-electron chi connectivity index (χ0n) is 13.2. The van der Waals surface area contributed by atoms with Crippen LogP contribution in [0.15, 0.2) is 12.1 Å². The van der Waals surface area contributed by atoms with Crippen molar-refractivity contribution in [3.05, 3.63) is 34.6 Å². The molecule has 1 unspecified atom stereocenters. The number of halogens is 1. The second-order valence-electron chi connectivity index (χ2n) is 5.37. The van der Waals surface area contributed by atoms with Crippen LogP contribution in [-0.2, 0) is 27.5 Å². The summed E-state index contributed by atoms with van der Waals surface area (Å²) in [5.41, 5.74) is 0.660. The van der Waals surface area contributed by atoms with Crippen molar-refractivity contribution in [1.82, 2.24) is 15.5 Å². The lowest BCUT2D eigenvalue weighted by Crippen LogP contribution is -2.46. The molecule has 0 saturated heterocycles. The van der Waals surface area contributed by atoms with E-state index in [4.69, 9.17) is 0 Å². The van der Waals surface area contributed by atoms with E-state index in [0.29, 0.717) is 12.7 Å². The summed E-state index contributed by atoms with van der Waals surface area (Å²) in [5, 5.41) is 4.84. The van der Waals surface area contributed by atoms with Gasteiger partial charge in [0.15, 0.2) is 0 Å². The van der Waals surface area contributed by atoms with Gasteiger partial charge in [-0.2, -0.15) is 0 Å². The topological polar surface area (TPSA) is 95.6 Å². The third kappa shape index (κ3) is 3.27. The molecule has 3 amide bonds. The lowest BCUT2D eigenvalue weighted by atomic mass is 10.0. The Morgan fingerprint density at radius 1 is 1.42 bits per heavy atom. The van der Waals surface area contributed by atoms with Gasteiger partial charge in [0.05, 0.1) is 6.54 Å². The maximum atomic E-state index is 14.6. The van der Waals surface area contributed by atoms with Gasteiger partial charge in [-0.15, -0.1) is 0 Å². The molecule has 7 nitrogen and oxygen atoms in total. The number of benzene rings is 1. The van der Waals surface area contributed by atoms with Gasteiger partial charge in [-0.25, -0.2) is 4.39 Å². The van der Waals surface area contributed by atoms with Crippen molar-refractivity contribution < 1.29 is 23.6 Å². The molecule has 0 fully saturated rings. The summed E-state index contributed by atoms with van der Waals surface area (Å²) < 4.78 is 14.6. The van der Waals surface area contributed by atoms with Gasteiger partial charge in [-0.05, 0) is 12.5 Å². The smallest absolute Gasteiger partial charge is 0.255 e. The molecule has 0 saturated carbocycles. The van der Waals surface area contributed by atoms with Gasteiger partial charge in [0.2, 0.25) is 12.3 Å². The Kier molecular flexibility index (Phi) is 5.62. The van der Waals surface area contributed by atoms with Gasteiger partial charge in [-0.3, -0.25) is 14.4 Å². The predicted octanol–water partition coefficient (Wildman–Crippen LogP) is 0.121. The van der Waals surface area contributed by atoms with Crippen LogP contribution in [0, 0.1) is 5.82 Å². The molecule has 0 radical (unpaired) electrons. The first kappa shape index (κ1) is 17.6. The lowest BCUT2D eigenvalue weighted by Gasteiger charge is -2.25. The van der Waals surface area contributed by atoms with E-state index in [9.17, 15) is 23.6 Å². The molecule has 8 heteroatoms. The van der Waals surface area contributed by atoms with Crippen molar-refractivity contribution in [3.8, 4) is 0 Å². The van der Waals surface area contributed by atoms with Gasteiger partial charge in [0.25, 0.3) is 5.91 Å². The zero-order valence-corrected chi connectivity index (χ0v) is 13.2. The second kappa shape index (κ2) is 7.67. The minimum Gasteiger partial charge on any atom is -0.357 e. The third-order valence-corrected chi connectivity index (χ3v) is 4.00. The molecule has 1 heterocycles. The standard InChI is InChI=1S/C16H18FN3O4/c1-18-15(23)13(3-2-6-21)20-8-12-11(16(20)24)5-4-10(14(12)17)7-19-9-22/h4-6,9,13H,2-3,7-8H2,1H3,(H,18,23)(H,19,22). The Bertz CT molecular complexity index is 678. The first-order valence-corrected chi connectivity index (χ1v) is 7.48. The van der Waals surface area contributed by atoms with Gasteiger partial charge in [-0.1, -0.05) is 6.07 Å². The minimum atomic E-state index is -0.837. The fourth-order valence-corrected chi connectivity index (χ4v) is 2.78. The number of hydrogen-bond donors (Lipinski definition) is 2. The molecule has 0 spiro atoms. The fraction of sp³-hybridized carbons (Fsp3) is 0.375. The average molecular weight is 335 g/mol. The molecule has 0 bridgehead atoms. The highest BCUT2D eigenvalue weighted by molar-refractivity contribution is 6.01. The van der Waals surface area contributed by atoms with Gasteiger partial charge in [0.1, 0.15) is 18.1 Å². The summed E-state index contributed by atoms with van der Waals surface area (Å²) in [6, 6.07) is 2.09. The molecule has 1 aromatic carbocycles. The highest BCUT2D eigenvalue weighted by atomic mass is 19.1. The first-order chi connectivity index (χ1) is 11.5. The van der Waals surface area contributed by atoms with E-state index in [1.54, 1.807) is 0 Å². The number of rotatable bonds is 8. The first-order valence-electron chi connectivity index (χ1n) is 7.48. The number of amides is 3. The number of carbonyl (C=O) groups excluding carboxylic acids is 4. The third-order valence-electron chi connectivity index (χ3n) is 4.00. The van der Waals surface area contributed by atoms with Crippen molar-refractivity contribution in [2.75, 3.05) is 7.05 Å². The zero-order chi connectivity index (χ0) is 17.7. The Morgan fingerprint density at radius 3 is 2.79 bits per heavy atom. The quantitative estimate of drug-likeness (QED) is 0.660. The molecule has 1 atom stereocenters. The number of nitrogens with one attached hydrogen (secondary N) is 2. The molecular weight excluding hydrogens is 317 g/mol. The number of aldehydes is 1. The lowest BCUT2D eigenvalue weighted by molar-refractivity contribution is -0.125. The fourth-order valence-electron chi connectivity index (χ4n) is 2.78. The van der Waals surface area contributed by atoms with Crippen LogP contribution >= 0.6 is 0 Å². The summed E-state index contributed by atoms with van der Waals surface area (Å²) in [6.45, 7) is -0.0350. The summed E-state index contributed by atoms with van der Waals surface area (Å²) in [4.78, 5) is 46.8. The minimum absolute atomic E-state index is 0.0147. The molecule has 1 aromatic rings. The van der Waals surface area contributed by atoms with E-state index in [1.165, 1.54) is 24.1 Å². The number of likely N-dealkylation sites (N-methyl/N-ethyl adjacent to an activating group) is 1. The normalized spacial score (nSPS) is 14.1. The second-order valence-corrected chi connectivity index (χ2v) is 5.37. The van der Waals surface area contributed by atoms with E-state index in [0.717, 1.165) is 0 Å². The van der Waals surface area contributed by atoms with Crippen LogP contribution in [0.5, 0.6) is 0 Å². The average Bonchev–Trinajstić information content (AvgIpc) is 2.92. The molecule has 1 aliphatic heterocycles. The Balaban J connectivity index is 2.30. The van der Waals surface area contributed by atoms with Crippen LogP contribution in [0.3, 0.4) is 0 Å². The van der Waals surface area contributed by atoms with E-state index >= 15 is 0 Å². The summed E-state index contributed by atoms with van der Waals surface area (Å²) >= 11 is 0. The van der Waals surface area contributed by atoms with Crippen LogP contribution in [0.1, 0.15) is 34.3 Å². The van der Waals surface area contributed by atoms with Crippen LogP contribution < -0.4 is 10.6 Å². The summed E-state index contributed by atoms with van der Waals surface area (Å²) in [6.07, 6.45) is 1.43. The molecule has 1 aliphatic rings. The summed E-state index contributed by atoms with van der Waals surface area (Å²) in [5.74, 6) is -1.41.